The standard InChI is InChI=1S/C8H9ClN2O/c9-7-2-1-3-10-8(7)11-4-6(12)5-11/h1-3,6,12H,4-5H2. The lowest BCUT2D eigenvalue weighted by atomic mass is 10.2. The Hall–Kier alpha value is -0.800. The smallest absolute Gasteiger partial charge is 0.147 e. The zero-order chi connectivity index (χ0) is 8.55. The molecule has 1 aromatic rings. The number of hydrogen-bond acceptors (Lipinski definition) is 3. The molecule has 64 valence electrons. The van der Waals surface area contributed by atoms with E-state index in [0.717, 1.165) is 5.82 Å². The van der Waals surface area contributed by atoms with Crippen molar-refractivity contribution in [2.75, 3.05) is 18.0 Å². The van der Waals surface area contributed by atoms with Crippen LogP contribution in [0.25, 0.3) is 0 Å². The Labute approximate surface area is 75.6 Å². The van der Waals surface area contributed by atoms with Crippen molar-refractivity contribution in [1.29, 1.82) is 0 Å². The van der Waals surface area contributed by atoms with Gasteiger partial charge in [-0.1, -0.05) is 11.6 Å². The number of aliphatic hydroxyl groups excluding tert-OH is 1. The van der Waals surface area contributed by atoms with Gasteiger partial charge < -0.3 is 10.0 Å². The highest BCUT2D eigenvalue weighted by molar-refractivity contribution is 6.32. The van der Waals surface area contributed by atoms with Gasteiger partial charge in [0.05, 0.1) is 11.1 Å². The van der Waals surface area contributed by atoms with Crippen LogP contribution in [0.1, 0.15) is 0 Å². The summed E-state index contributed by atoms with van der Waals surface area (Å²) < 4.78 is 0. The van der Waals surface area contributed by atoms with Crippen molar-refractivity contribution in [1.82, 2.24) is 4.98 Å². The molecule has 0 atom stereocenters. The maximum atomic E-state index is 9.06. The first-order chi connectivity index (χ1) is 5.77. The quantitative estimate of drug-likeness (QED) is 0.705. The van der Waals surface area contributed by atoms with Gasteiger partial charge in [0.1, 0.15) is 5.82 Å². The molecule has 1 N–H and O–H groups in total. The van der Waals surface area contributed by atoms with Crippen molar-refractivity contribution < 1.29 is 5.11 Å². The fourth-order valence-electron chi connectivity index (χ4n) is 1.24. The van der Waals surface area contributed by atoms with E-state index >= 15 is 0 Å². The molecular weight excluding hydrogens is 176 g/mol. The van der Waals surface area contributed by atoms with Crippen LogP contribution in [0.5, 0.6) is 0 Å². The molecule has 2 heterocycles. The average molecular weight is 185 g/mol. The molecule has 4 heteroatoms. The van der Waals surface area contributed by atoms with Crippen LogP contribution >= 0.6 is 11.6 Å². The highest BCUT2D eigenvalue weighted by Gasteiger charge is 2.26. The third kappa shape index (κ3) is 1.26. The number of anilines is 1. The normalized spacial score (nSPS) is 17.7. The highest BCUT2D eigenvalue weighted by atomic mass is 35.5. The molecule has 0 unspecified atom stereocenters. The Kier molecular flexibility index (Phi) is 1.90. The molecule has 0 aromatic carbocycles. The van der Waals surface area contributed by atoms with Gasteiger partial charge in [0.2, 0.25) is 0 Å². The lowest BCUT2D eigenvalue weighted by Crippen LogP contribution is -2.51. The topological polar surface area (TPSA) is 36.4 Å². The third-order valence-electron chi connectivity index (χ3n) is 1.90. The maximum Gasteiger partial charge on any atom is 0.147 e. The summed E-state index contributed by atoms with van der Waals surface area (Å²) in [7, 11) is 0. The average Bonchev–Trinajstić information content (AvgIpc) is 2.01. The first-order valence-electron chi connectivity index (χ1n) is 3.81. The van der Waals surface area contributed by atoms with Crippen LogP contribution < -0.4 is 4.90 Å². The number of aliphatic hydroxyl groups is 1. The number of hydrogen-bond donors (Lipinski definition) is 1. The van der Waals surface area contributed by atoms with Gasteiger partial charge in [-0.2, -0.15) is 0 Å². The molecule has 1 fully saturated rings. The largest absolute Gasteiger partial charge is 0.389 e. The van der Waals surface area contributed by atoms with E-state index in [1.54, 1.807) is 18.3 Å². The van der Waals surface area contributed by atoms with Gasteiger partial charge in [-0.05, 0) is 12.1 Å². The zero-order valence-electron chi connectivity index (χ0n) is 6.44. The molecule has 1 aliphatic heterocycles. The number of nitrogens with zero attached hydrogens (tertiary/aromatic N) is 2. The molecule has 0 amide bonds. The molecule has 1 saturated heterocycles. The monoisotopic (exact) mass is 184 g/mol. The minimum absolute atomic E-state index is 0.219. The van der Waals surface area contributed by atoms with Crippen LogP contribution in [0, 0.1) is 0 Å². The van der Waals surface area contributed by atoms with Gasteiger partial charge in [0, 0.05) is 19.3 Å². The van der Waals surface area contributed by atoms with E-state index in [0.29, 0.717) is 18.1 Å². The second-order valence-corrected chi connectivity index (χ2v) is 3.27. The Morgan fingerprint density at radius 1 is 1.58 bits per heavy atom. The molecule has 3 nitrogen and oxygen atoms in total. The summed E-state index contributed by atoms with van der Waals surface area (Å²) in [6.45, 7) is 1.27. The number of halogens is 1. The minimum Gasteiger partial charge on any atom is -0.389 e. The maximum absolute atomic E-state index is 9.06. The molecule has 0 saturated carbocycles. The summed E-state index contributed by atoms with van der Waals surface area (Å²) in [6.07, 6.45) is 1.48. The number of β-amino-alcohol motifs (C(OH)–C–C–N with tert-alkyl or cyclic N) is 1. The van der Waals surface area contributed by atoms with Crippen LogP contribution in [0.4, 0.5) is 5.82 Å². The fourth-order valence-corrected chi connectivity index (χ4v) is 1.48. The Morgan fingerprint density at radius 2 is 2.33 bits per heavy atom. The Balaban J connectivity index is 2.18. The predicted octanol–water partition coefficient (Wildman–Crippen LogP) is 0.916. The van der Waals surface area contributed by atoms with Crippen molar-refractivity contribution >= 4 is 17.4 Å². The number of pyridine rings is 1. The minimum atomic E-state index is -0.219. The van der Waals surface area contributed by atoms with E-state index < -0.39 is 0 Å². The van der Waals surface area contributed by atoms with Gasteiger partial charge in [0.15, 0.2) is 0 Å². The molecular formula is C8H9ClN2O. The number of rotatable bonds is 1. The highest BCUT2D eigenvalue weighted by Crippen LogP contribution is 2.25. The second-order valence-electron chi connectivity index (χ2n) is 2.87. The van der Waals surface area contributed by atoms with Crippen LogP contribution in [0.2, 0.25) is 5.02 Å². The summed E-state index contributed by atoms with van der Waals surface area (Å²) in [6, 6.07) is 3.59. The Morgan fingerprint density at radius 3 is 2.92 bits per heavy atom. The SMILES string of the molecule is OC1CN(c2ncccc2Cl)C1. The first kappa shape index (κ1) is 7.83. The van der Waals surface area contributed by atoms with E-state index in [4.69, 9.17) is 16.7 Å². The number of aromatic nitrogens is 1. The summed E-state index contributed by atoms with van der Waals surface area (Å²) in [4.78, 5) is 6.07. The van der Waals surface area contributed by atoms with E-state index in [1.165, 1.54) is 0 Å². The molecule has 0 spiro atoms. The van der Waals surface area contributed by atoms with Crippen molar-refractivity contribution in [3.05, 3.63) is 23.4 Å². The van der Waals surface area contributed by atoms with Gasteiger partial charge in [-0.3, -0.25) is 0 Å². The zero-order valence-corrected chi connectivity index (χ0v) is 7.20. The molecule has 1 aliphatic rings. The summed E-state index contributed by atoms with van der Waals surface area (Å²) in [5.41, 5.74) is 0. The van der Waals surface area contributed by atoms with Crippen molar-refractivity contribution in [3.8, 4) is 0 Å². The van der Waals surface area contributed by atoms with Gasteiger partial charge >= 0.3 is 0 Å². The molecule has 2 rings (SSSR count). The van der Waals surface area contributed by atoms with E-state index in [1.807, 2.05) is 4.90 Å². The van der Waals surface area contributed by atoms with E-state index in [-0.39, 0.29) is 6.10 Å². The van der Waals surface area contributed by atoms with Gasteiger partial charge in [-0.25, -0.2) is 4.98 Å². The van der Waals surface area contributed by atoms with Crippen LogP contribution in [0.15, 0.2) is 18.3 Å². The van der Waals surface area contributed by atoms with Crippen LogP contribution in [0.3, 0.4) is 0 Å². The second kappa shape index (κ2) is 2.92. The summed E-state index contributed by atoms with van der Waals surface area (Å²) in [5.74, 6) is 0.768. The van der Waals surface area contributed by atoms with E-state index in [2.05, 4.69) is 4.98 Å². The third-order valence-corrected chi connectivity index (χ3v) is 2.20. The molecule has 1 aromatic heterocycles. The van der Waals surface area contributed by atoms with Crippen molar-refractivity contribution in [2.45, 2.75) is 6.10 Å². The lowest BCUT2D eigenvalue weighted by molar-refractivity contribution is 0.141. The van der Waals surface area contributed by atoms with Crippen molar-refractivity contribution in [2.24, 2.45) is 0 Å². The Bertz CT molecular complexity index is 286. The molecule has 0 radical (unpaired) electrons. The first-order valence-corrected chi connectivity index (χ1v) is 4.18. The van der Waals surface area contributed by atoms with Gasteiger partial charge in [-0.15, -0.1) is 0 Å². The van der Waals surface area contributed by atoms with E-state index in [9.17, 15) is 0 Å². The summed E-state index contributed by atoms with van der Waals surface area (Å²) in [5, 5.41) is 9.70. The van der Waals surface area contributed by atoms with Crippen LogP contribution in [-0.4, -0.2) is 29.3 Å². The molecule has 0 bridgehead atoms. The van der Waals surface area contributed by atoms with Crippen molar-refractivity contribution in [3.63, 3.8) is 0 Å². The lowest BCUT2D eigenvalue weighted by Gasteiger charge is -2.37. The predicted molar refractivity (Wildman–Crippen MR) is 47.5 cm³/mol. The fraction of sp³-hybridized carbons (Fsp3) is 0.375. The molecule has 0 aliphatic carbocycles. The summed E-state index contributed by atoms with van der Waals surface area (Å²) >= 11 is 5.89. The van der Waals surface area contributed by atoms with Crippen LogP contribution in [-0.2, 0) is 0 Å². The molecule has 12 heavy (non-hydrogen) atoms. The van der Waals surface area contributed by atoms with Gasteiger partial charge in [0.25, 0.3) is 0 Å².